The molecule has 4 fully saturated rings. The Morgan fingerprint density at radius 3 is 1.24 bits per heavy atom. The summed E-state index contributed by atoms with van der Waals surface area (Å²) >= 11 is 0. The molecule has 0 amide bonds. The number of hydrogen-bond donors (Lipinski definition) is 2. The van der Waals surface area contributed by atoms with Crippen molar-refractivity contribution in [1.82, 2.24) is 10.6 Å². The second kappa shape index (κ2) is 9.84. The highest BCUT2D eigenvalue weighted by Gasteiger charge is 2.57. The molecular weight excluding hydrogens is 460 g/mol. The van der Waals surface area contributed by atoms with Crippen LogP contribution in [0.25, 0.3) is 22.3 Å². The summed E-state index contributed by atoms with van der Waals surface area (Å²) in [6.07, 6.45) is 8.09. The molecule has 0 atom stereocenters. The Labute approximate surface area is 227 Å². The Morgan fingerprint density at radius 1 is 0.474 bits per heavy atom. The van der Waals surface area contributed by atoms with Crippen LogP contribution in [0.1, 0.15) is 49.7 Å². The van der Waals surface area contributed by atoms with Gasteiger partial charge in [0.25, 0.3) is 0 Å². The van der Waals surface area contributed by atoms with Gasteiger partial charge in [-0.1, -0.05) is 109 Å². The van der Waals surface area contributed by atoms with E-state index in [0.717, 1.165) is 24.9 Å². The van der Waals surface area contributed by atoms with E-state index in [1.807, 2.05) is 0 Å². The normalized spacial score (nSPS) is 27.5. The van der Waals surface area contributed by atoms with Gasteiger partial charge in [-0.2, -0.15) is 0 Å². The third-order valence-corrected chi connectivity index (χ3v) is 9.52. The first-order valence-corrected chi connectivity index (χ1v) is 14.4. The van der Waals surface area contributed by atoms with Gasteiger partial charge in [0.1, 0.15) is 0 Å². The van der Waals surface area contributed by atoms with E-state index in [2.05, 4.69) is 120 Å². The van der Waals surface area contributed by atoms with Crippen molar-refractivity contribution in [2.24, 2.45) is 11.8 Å². The van der Waals surface area contributed by atoms with Gasteiger partial charge in [0.2, 0.25) is 0 Å². The molecule has 0 saturated heterocycles. The molecule has 4 aromatic carbocycles. The summed E-state index contributed by atoms with van der Waals surface area (Å²) < 4.78 is 0. The van der Waals surface area contributed by atoms with E-state index in [0.29, 0.717) is 0 Å². The van der Waals surface area contributed by atoms with Gasteiger partial charge in [-0.25, -0.2) is 0 Å². The van der Waals surface area contributed by atoms with Crippen molar-refractivity contribution in [2.45, 2.75) is 62.7 Å². The maximum atomic E-state index is 4.11. The molecule has 0 heterocycles. The molecule has 192 valence electrons. The van der Waals surface area contributed by atoms with E-state index in [1.165, 1.54) is 71.9 Å². The van der Waals surface area contributed by atoms with Crippen LogP contribution >= 0.6 is 0 Å². The molecular formula is C36H38N2. The highest BCUT2D eigenvalue weighted by atomic mass is 15.1. The topological polar surface area (TPSA) is 24.1 Å². The Balaban J connectivity index is 1.01. The Bertz CT molecular complexity index is 1240. The molecule has 0 aromatic heterocycles. The van der Waals surface area contributed by atoms with E-state index in [-0.39, 0.29) is 11.1 Å². The number of nitrogens with one attached hydrogen (secondary N) is 2. The standard InChI is InChI=1S/C36H38N2/c1-3-7-31(8-4-1)33-15-11-27(12-16-33)24-37-35-20-29-19-30(21-35)23-36(22-29,26-35)38-25-28-13-17-34(18-14-28)32-9-5-2-6-10-32/h1-18,29-30,37-38H,19-26H2. The number of rotatable bonds is 8. The maximum absolute atomic E-state index is 4.11. The molecule has 2 heteroatoms. The molecule has 8 rings (SSSR count). The SMILES string of the molecule is c1ccc(-c2ccc(CNC34CC5CC(C3)CC(NCc3ccc(-c6ccccc6)cc3)(C5)C4)cc2)cc1. The zero-order valence-electron chi connectivity index (χ0n) is 22.2. The second-order valence-corrected chi connectivity index (χ2v) is 12.4. The molecule has 0 radical (unpaired) electrons. The van der Waals surface area contributed by atoms with Crippen molar-refractivity contribution in [2.75, 3.05) is 0 Å². The van der Waals surface area contributed by atoms with Crippen LogP contribution in [0.4, 0.5) is 0 Å². The fourth-order valence-electron chi connectivity index (χ4n) is 8.15. The van der Waals surface area contributed by atoms with Crippen LogP contribution in [0.3, 0.4) is 0 Å². The van der Waals surface area contributed by atoms with Crippen LogP contribution in [0, 0.1) is 11.8 Å². The van der Waals surface area contributed by atoms with Crippen LogP contribution in [-0.4, -0.2) is 11.1 Å². The molecule has 4 aromatic rings. The molecule has 4 bridgehead atoms. The van der Waals surface area contributed by atoms with Crippen molar-refractivity contribution in [1.29, 1.82) is 0 Å². The monoisotopic (exact) mass is 498 g/mol. The van der Waals surface area contributed by atoms with Gasteiger partial charge in [-0.05, 0) is 83.7 Å². The minimum atomic E-state index is 0.284. The van der Waals surface area contributed by atoms with E-state index in [1.54, 1.807) is 0 Å². The molecule has 0 aliphatic heterocycles. The van der Waals surface area contributed by atoms with Gasteiger partial charge in [-0.15, -0.1) is 0 Å². The smallest absolute Gasteiger partial charge is 0.0210 e. The van der Waals surface area contributed by atoms with Crippen molar-refractivity contribution in [3.63, 3.8) is 0 Å². The summed E-state index contributed by atoms with van der Waals surface area (Å²) in [5.41, 5.74) is 8.51. The van der Waals surface area contributed by atoms with Crippen molar-refractivity contribution in [3.8, 4) is 22.3 Å². The van der Waals surface area contributed by atoms with Gasteiger partial charge in [-0.3, -0.25) is 0 Å². The van der Waals surface area contributed by atoms with Crippen LogP contribution in [0.15, 0.2) is 109 Å². The lowest BCUT2D eigenvalue weighted by Crippen LogP contribution is -2.68. The number of hydrogen-bond acceptors (Lipinski definition) is 2. The van der Waals surface area contributed by atoms with Crippen molar-refractivity contribution in [3.05, 3.63) is 120 Å². The molecule has 4 aliphatic rings. The van der Waals surface area contributed by atoms with Gasteiger partial charge in [0, 0.05) is 24.2 Å². The first kappa shape index (κ1) is 23.9. The summed E-state index contributed by atoms with van der Waals surface area (Å²) in [6, 6.07) is 39.7. The van der Waals surface area contributed by atoms with E-state index >= 15 is 0 Å². The van der Waals surface area contributed by atoms with Gasteiger partial charge < -0.3 is 10.6 Å². The minimum absolute atomic E-state index is 0.284. The zero-order chi connectivity index (χ0) is 25.4. The summed E-state index contributed by atoms with van der Waals surface area (Å²) in [5.74, 6) is 1.72. The van der Waals surface area contributed by atoms with Gasteiger partial charge >= 0.3 is 0 Å². The summed E-state index contributed by atoms with van der Waals surface area (Å²) in [5, 5.41) is 8.22. The Morgan fingerprint density at radius 2 is 0.842 bits per heavy atom. The summed E-state index contributed by atoms with van der Waals surface area (Å²) in [4.78, 5) is 0. The molecule has 4 aliphatic carbocycles. The van der Waals surface area contributed by atoms with E-state index < -0.39 is 0 Å². The first-order chi connectivity index (χ1) is 18.7. The molecule has 4 saturated carbocycles. The molecule has 0 unspecified atom stereocenters. The lowest BCUT2D eigenvalue weighted by Gasteiger charge is -2.62. The fourth-order valence-corrected chi connectivity index (χ4v) is 8.15. The maximum Gasteiger partial charge on any atom is 0.0210 e. The molecule has 0 spiro atoms. The molecule has 2 nitrogen and oxygen atoms in total. The zero-order valence-corrected chi connectivity index (χ0v) is 22.2. The first-order valence-electron chi connectivity index (χ1n) is 14.4. The summed E-state index contributed by atoms with van der Waals surface area (Å²) in [7, 11) is 0. The quantitative estimate of drug-likeness (QED) is 0.257. The lowest BCUT2D eigenvalue weighted by molar-refractivity contribution is -0.0535. The predicted octanol–water partition coefficient (Wildman–Crippen LogP) is 7.99. The van der Waals surface area contributed by atoms with Gasteiger partial charge in [0.05, 0.1) is 0 Å². The molecule has 2 N–H and O–H groups in total. The highest BCUT2D eigenvalue weighted by molar-refractivity contribution is 5.64. The van der Waals surface area contributed by atoms with E-state index in [9.17, 15) is 0 Å². The minimum Gasteiger partial charge on any atom is -0.307 e. The fraction of sp³-hybridized carbons (Fsp3) is 0.333. The van der Waals surface area contributed by atoms with Crippen LogP contribution in [0.2, 0.25) is 0 Å². The Kier molecular flexibility index (Phi) is 6.18. The average Bonchev–Trinajstić information content (AvgIpc) is 2.96. The third kappa shape index (κ3) is 4.84. The third-order valence-electron chi connectivity index (χ3n) is 9.52. The second-order valence-electron chi connectivity index (χ2n) is 12.4. The van der Waals surface area contributed by atoms with E-state index in [4.69, 9.17) is 0 Å². The van der Waals surface area contributed by atoms with Crippen LogP contribution in [0.5, 0.6) is 0 Å². The highest BCUT2D eigenvalue weighted by Crippen LogP contribution is 2.57. The lowest BCUT2D eigenvalue weighted by atomic mass is 9.50. The molecule has 38 heavy (non-hydrogen) atoms. The Hall–Kier alpha value is -3.20. The van der Waals surface area contributed by atoms with Crippen molar-refractivity contribution >= 4 is 0 Å². The largest absolute Gasteiger partial charge is 0.307 e. The predicted molar refractivity (Wildman–Crippen MR) is 158 cm³/mol. The average molecular weight is 499 g/mol. The summed E-state index contributed by atoms with van der Waals surface area (Å²) in [6.45, 7) is 1.93. The van der Waals surface area contributed by atoms with Gasteiger partial charge in [0.15, 0.2) is 0 Å². The van der Waals surface area contributed by atoms with Crippen LogP contribution in [-0.2, 0) is 13.1 Å². The number of benzene rings is 4. The van der Waals surface area contributed by atoms with Crippen LogP contribution < -0.4 is 10.6 Å². The van der Waals surface area contributed by atoms with Crippen molar-refractivity contribution < 1.29 is 0 Å².